The Hall–Kier alpha value is -2.29. The lowest BCUT2D eigenvalue weighted by molar-refractivity contribution is -0.148. The molecule has 4 fully saturated rings. The Morgan fingerprint density at radius 1 is 1.17 bits per heavy atom. The monoisotopic (exact) mass is 429 g/mol. The van der Waals surface area contributed by atoms with Crippen LogP contribution in [-0.4, -0.2) is 32.3 Å². The van der Waals surface area contributed by atoms with Gasteiger partial charge in [-0.25, -0.2) is 0 Å². The molecular weight excluding hydrogens is 402 g/mol. The number of aromatic nitrogens is 3. The van der Waals surface area contributed by atoms with E-state index in [1.54, 1.807) is 12.3 Å². The van der Waals surface area contributed by atoms with Gasteiger partial charge in [0.05, 0.1) is 17.4 Å². The standard InChI is InChI=1S/C21H27N5O3S/c1-2-26-18(16-4-3-5-29-16)23-25-20(26)30-12-17(27)22-24-19(28)21-9-13-6-14(10-21)8-15(7-13)11-21/h3-5,13-15H,2,6-12H2,1H3,(H,22,27)(H,24,28). The fourth-order valence-corrected chi connectivity index (χ4v) is 6.88. The molecule has 2 aromatic heterocycles. The Morgan fingerprint density at radius 2 is 1.87 bits per heavy atom. The predicted octanol–water partition coefficient (Wildman–Crippen LogP) is 3.01. The molecule has 0 spiro atoms. The van der Waals surface area contributed by atoms with Crippen molar-refractivity contribution in [3.05, 3.63) is 18.4 Å². The van der Waals surface area contributed by atoms with Crippen LogP contribution >= 0.6 is 11.8 Å². The number of hydrogen-bond donors (Lipinski definition) is 2. The lowest BCUT2D eigenvalue weighted by Crippen LogP contribution is -2.56. The first-order chi connectivity index (χ1) is 14.6. The maximum absolute atomic E-state index is 12.9. The van der Waals surface area contributed by atoms with Crippen LogP contribution < -0.4 is 10.9 Å². The molecule has 4 saturated carbocycles. The van der Waals surface area contributed by atoms with Gasteiger partial charge in [-0.3, -0.25) is 25.0 Å². The summed E-state index contributed by atoms with van der Waals surface area (Å²) in [6.07, 6.45) is 8.38. The molecule has 2 N–H and O–H groups in total. The summed E-state index contributed by atoms with van der Waals surface area (Å²) in [5.41, 5.74) is 5.07. The molecule has 0 aromatic carbocycles. The van der Waals surface area contributed by atoms with Gasteiger partial charge >= 0.3 is 0 Å². The number of thioether (sulfide) groups is 1. The zero-order chi connectivity index (χ0) is 20.7. The topological polar surface area (TPSA) is 102 Å². The minimum Gasteiger partial charge on any atom is -0.461 e. The highest BCUT2D eigenvalue weighted by molar-refractivity contribution is 7.99. The number of hydrazine groups is 1. The fraction of sp³-hybridized carbons (Fsp3) is 0.619. The van der Waals surface area contributed by atoms with Crippen molar-refractivity contribution in [2.45, 2.75) is 57.1 Å². The Labute approximate surface area is 179 Å². The highest BCUT2D eigenvalue weighted by Crippen LogP contribution is 2.60. The van der Waals surface area contributed by atoms with Crippen LogP contribution in [0.2, 0.25) is 0 Å². The number of amides is 2. The van der Waals surface area contributed by atoms with E-state index >= 15 is 0 Å². The van der Waals surface area contributed by atoms with Gasteiger partial charge in [0.2, 0.25) is 11.8 Å². The Bertz CT molecular complexity index is 903. The molecule has 0 aliphatic heterocycles. The summed E-state index contributed by atoms with van der Waals surface area (Å²) in [6, 6.07) is 3.63. The number of furan rings is 1. The largest absolute Gasteiger partial charge is 0.461 e. The van der Waals surface area contributed by atoms with Crippen LogP contribution in [0.15, 0.2) is 28.0 Å². The smallest absolute Gasteiger partial charge is 0.248 e. The van der Waals surface area contributed by atoms with E-state index < -0.39 is 0 Å². The Kier molecular flexibility index (Phi) is 5.08. The molecule has 0 radical (unpaired) electrons. The molecule has 2 amide bonds. The van der Waals surface area contributed by atoms with Crippen LogP contribution in [-0.2, 0) is 16.1 Å². The molecule has 0 unspecified atom stereocenters. The summed E-state index contributed by atoms with van der Waals surface area (Å²) in [7, 11) is 0. The summed E-state index contributed by atoms with van der Waals surface area (Å²) in [5, 5.41) is 9.02. The Morgan fingerprint density at radius 3 is 2.47 bits per heavy atom. The number of carbonyl (C=O) groups is 2. The first kappa shape index (κ1) is 19.7. The first-order valence-electron chi connectivity index (χ1n) is 10.8. The third kappa shape index (κ3) is 3.53. The summed E-state index contributed by atoms with van der Waals surface area (Å²) < 4.78 is 7.31. The zero-order valence-corrected chi connectivity index (χ0v) is 17.9. The second-order valence-electron chi connectivity index (χ2n) is 9.02. The number of carbonyl (C=O) groups excluding carboxylic acids is 2. The van der Waals surface area contributed by atoms with E-state index in [4.69, 9.17) is 4.42 Å². The summed E-state index contributed by atoms with van der Waals surface area (Å²) in [4.78, 5) is 25.3. The van der Waals surface area contributed by atoms with E-state index in [9.17, 15) is 9.59 Å². The molecule has 2 heterocycles. The quantitative estimate of drug-likeness (QED) is 0.541. The third-order valence-electron chi connectivity index (χ3n) is 6.94. The molecular formula is C21H27N5O3S. The van der Waals surface area contributed by atoms with Crippen molar-refractivity contribution in [3.8, 4) is 11.6 Å². The normalized spacial score (nSPS) is 29.2. The van der Waals surface area contributed by atoms with Gasteiger partial charge in [-0.15, -0.1) is 10.2 Å². The molecule has 9 heteroatoms. The highest BCUT2D eigenvalue weighted by Gasteiger charge is 2.54. The number of hydrogen-bond acceptors (Lipinski definition) is 6. The van der Waals surface area contributed by atoms with E-state index in [1.165, 1.54) is 31.0 Å². The molecule has 0 saturated heterocycles. The minimum atomic E-state index is -0.268. The van der Waals surface area contributed by atoms with Gasteiger partial charge in [0, 0.05) is 6.54 Å². The highest BCUT2D eigenvalue weighted by atomic mass is 32.2. The van der Waals surface area contributed by atoms with Crippen molar-refractivity contribution in [1.82, 2.24) is 25.6 Å². The van der Waals surface area contributed by atoms with E-state index in [1.807, 2.05) is 17.6 Å². The van der Waals surface area contributed by atoms with Crippen LogP contribution in [0.1, 0.15) is 45.4 Å². The molecule has 2 aromatic rings. The molecule has 30 heavy (non-hydrogen) atoms. The van der Waals surface area contributed by atoms with Gasteiger partial charge < -0.3 is 4.42 Å². The van der Waals surface area contributed by atoms with Crippen molar-refractivity contribution in [2.24, 2.45) is 23.2 Å². The SMILES string of the molecule is CCn1c(SCC(=O)NNC(=O)C23CC4CC(CC(C4)C2)C3)nnc1-c1ccco1. The molecule has 4 aliphatic rings. The predicted molar refractivity (Wildman–Crippen MR) is 111 cm³/mol. The van der Waals surface area contributed by atoms with Crippen molar-refractivity contribution in [3.63, 3.8) is 0 Å². The van der Waals surface area contributed by atoms with E-state index in [2.05, 4.69) is 21.0 Å². The van der Waals surface area contributed by atoms with Crippen LogP contribution in [0.4, 0.5) is 0 Å². The average molecular weight is 430 g/mol. The van der Waals surface area contributed by atoms with Crippen LogP contribution in [0.5, 0.6) is 0 Å². The summed E-state index contributed by atoms with van der Waals surface area (Å²) >= 11 is 1.29. The van der Waals surface area contributed by atoms with E-state index in [-0.39, 0.29) is 23.0 Å². The first-order valence-corrected chi connectivity index (χ1v) is 11.7. The average Bonchev–Trinajstić information content (AvgIpc) is 3.38. The van der Waals surface area contributed by atoms with E-state index in [0.717, 1.165) is 19.3 Å². The van der Waals surface area contributed by atoms with Crippen molar-refractivity contribution in [1.29, 1.82) is 0 Å². The van der Waals surface area contributed by atoms with Crippen LogP contribution in [0, 0.1) is 23.2 Å². The number of nitrogens with zero attached hydrogens (tertiary/aromatic N) is 3. The molecule has 6 rings (SSSR count). The van der Waals surface area contributed by atoms with Gasteiger partial charge in [0.25, 0.3) is 0 Å². The van der Waals surface area contributed by atoms with Crippen molar-refractivity contribution < 1.29 is 14.0 Å². The molecule has 4 aliphatic carbocycles. The second-order valence-corrected chi connectivity index (χ2v) is 9.96. The summed E-state index contributed by atoms with van der Waals surface area (Å²) in [5.74, 6) is 3.26. The third-order valence-corrected chi connectivity index (χ3v) is 7.91. The summed E-state index contributed by atoms with van der Waals surface area (Å²) in [6.45, 7) is 2.65. The lowest BCUT2D eigenvalue weighted by Gasteiger charge is -2.55. The van der Waals surface area contributed by atoms with Gasteiger partial charge in [-0.2, -0.15) is 0 Å². The van der Waals surface area contributed by atoms with Gasteiger partial charge in [0.1, 0.15) is 0 Å². The Balaban J connectivity index is 1.15. The number of nitrogens with one attached hydrogen (secondary N) is 2. The number of rotatable bonds is 6. The maximum Gasteiger partial charge on any atom is 0.248 e. The van der Waals surface area contributed by atoms with Gasteiger partial charge in [-0.1, -0.05) is 11.8 Å². The second kappa shape index (κ2) is 7.76. The van der Waals surface area contributed by atoms with Gasteiger partial charge in [-0.05, 0) is 75.3 Å². The maximum atomic E-state index is 12.9. The van der Waals surface area contributed by atoms with Crippen molar-refractivity contribution in [2.75, 3.05) is 5.75 Å². The molecule has 4 bridgehead atoms. The zero-order valence-electron chi connectivity index (χ0n) is 17.1. The molecule has 160 valence electrons. The van der Waals surface area contributed by atoms with Crippen LogP contribution in [0.3, 0.4) is 0 Å². The van der Waals surface area contributed by atoms with Crippen LogP contribution in [0.25, 0.3) is 11.6 Å². The fourth-order valence-electron chi connectivity index (χ4n) is 6.08. The molecule has 8 nitrogen and oxygen atoms in total. The van der Waals surface area contributed by atoms with Gasteiger partial charge in [0.15, 0.2) is 16.7 Å². The lowest BCUT2D eigenvalue weighted by atomic mass is 9.49. The van der Waals surface area contributed by atoms with E-state index in [0.29, 0.717) is 41.0 Å². The van der Waals surface area contributed by atoms with Crippen molar-refractivity contribution >= 4 is 23.6 Å². The molecule has 0 atom stereocenters. The minimum absolute atomic E-state index is 0.00298.